The van der Waals surface area contributed by atoms with Gasteiger partial charge in [-0.15, -0.1) is 23.7 Å². The molecule has 2 rings (SSSR count). The van der Waals surface area contributed by atoms with Gasteiger partial charge in [-0.3, -0.25) is 4.79 Å². The summed E-state index contributed by atoms with van der Waals surface area (Å²) in [6.07, 6.45) is 1.51. The van der Waals surface area contributed by atoms with Gasteiger partial charge >= 0.3 is 0 Å². The third kappa shape index (κ3) is 4.70. The van der Waals surface area contributed by atoms with Crippen LogP contribution in [0.25, 0.3) is 11.3 Å². The highest BCUT2D eigenvalue weighted by Gasteiger charge is 2.14. The second kappa shape index (κ2) is 7.97. The summed E-state index contributed by atoms with van der Waals surface area (Å²) in [7, 11) is 0. The minimum absolute atomic E-state index is 0. The maximum absolute atomic E-state index is 11.8. The Morgan fingerprint density at radius 2 is 2.29 bits per heavy atom. The predicted octanol–water partition coefficient (Wildman–Crippen LogP) is 3.00. The number of nitrogens with zero attached hydrogens (tertiary/aromatic N) is 1. The first-order valence-electron chi connectivity index (χ1n) is 6.41. The van der Waals surface area contributed by atoms with Crippen LogP contribution in [-0.2, 0) is 4.79 Å². The van der Waals surface area contributed by atoms with Gasteiger partial charge in [-0.25, -0.2) is 4.98 Å². The number of benzene rings is 1. The number of phenolic OH excluding ortho intramolecular Hbond substituents is 1. The van der Waals surface area contributed by atoms with Crippen LogP contribution in [0.5, 0.6) is 5.75 Å². The summed E-state index contributed by atoms with van der Waals surface area (Å²) in [6, 6.07) is 6.32. The van der Waals surface area contributed by atoms with Crippen molar-refractivity contribution in [3.8, 4) is 17.0 Å². The van der Waals surface area contributed by atoms with E-state index in [-0.39, 0.29) is 24.1 Å². The molecule has 0 aliphatic heterocycles. The molecular weight excluding hydrogens is 310 g/mol. The molecule has 1 heterocycles. The molecule has 0 aliphatic rings. The Morgan fingerprint density at radius 3 is 2.95 bits per heavy atom. The van der Waals surface area contributed by atoms with Crippen molar-refractivity contribution in [3.63, 3.8) is 0 Å². The number of carbonyl (C=O) groups is 1. The molecule has 1 aromatic heterocycles. The van der Waals surface area contributed by atoms with Crippen LogP contribution < -0.4 is 11.1 Å². The third-order valence-corrected chi connectivity index (χ3v) is 3.57. The Bertz CT molecular complexity index is 603. The molecule has 0 bridgehead atoms. The average molecular weight is 328 g/mol. The number of phenols is 1. The van der Waals surface area contributed by atoms with Crippen LogP contribution in [0.2, 0.25) is 0 Å². The van der Waals surface area contributed by atoms with Crippen molar-refractivity contribution in [2.24, 2.45) is 5.73 Å². The van der Waals surface area contributed by atoms with Gasteiger partial charge in [-0.05, 0) is 18.6 Å². The van der Waals surface area contributed by atoms with Crippen LogP contribution in [0.3, 0.4) is 0 Å². The zero-order chi connectivity index (χ0) is 14.5. The van der Waals surface area contributed by atoms with Gasteiger partial charge in [0.25, 0.3) is 0 Å². The van der Waals surface area contributed by atoms with Crippen LogP contribution in [-0.4, -0.2) is 22.0 Å². The molecule has 7 heteroatoms. The van der Waals surface area contributed by atoms with Gasteiger partial charge in [0.15, 0.2) is 5.13 Å². The molecule has 4 N–H and O–H groups in total. The number of amides is 1. The van der Waals surface area contributed by atoms with Gasteiger partial charge in [-0.2, -0.15) is 0 Å². The van der Waals surface area contributed by atoms with Gasteiger partial charge in [0.1, 0.15) is 5.75 Å². The zero-order valence-corrected chi connectivity index (χ0v) is 13.2. The molecule has 0 spiro atoms. The first-order chi connectivity index (χ1) is 9.60. The highest BCUT2D eigenvalue weighted by molar-refractivity contribution is 7.14. The number of nitrogens with one attached hydrogen (secondary N) is 1. The van der Waals surface area contributed by atoms with Crippen LogP contribution >= 0.6 is 23.7 Å². The van der Waals surface area contributed by atoms with Crippen LogP contribution in [0.1, 0.15) is 19.8 Å². The lowest BCUT2D eigenvalue weighted by Crippen LogP contribution is -2.35. The van der Waals surface area contributed by atoms with Crippen molar-refractivity contribution in [2.75, 3.05) is 5.32 Å². The minimum atomic E-state index is -0.506. The molecule has 1 amide bonds. The molecule has 0 saturated carbocycles. The number of aromatic hydroxyl groups is 1. The summed E-state index contributed by atoms with van der Waals surface area (Å²) in [4.78, 5) is 16.1. The van der Waals surface area contributed by atoms with Crippen molar-refractivity contribution in [2.45, 2.75) is 25.8 Å². The lowest BCUT2D eigenvalue weighted by molar-refractivity contribution is -0.117. The molecule has 0 saturated heterocycles. The smallest absolute Gasteiger partial charge is 0.243 e. The van der Waals surface area contributed by atoms with Gasteiger partial charge < -0.3 is 16.2 Å². The fourth-order valence-corrected chi connectivity index (χ4v) is 2.49. The van der Waals surface area contributed by atoms with Gasteiger partial charge in [-0.1, -0.05) is 25.5 Å². The summed E-state index contributed by atoms with van der Waals surface area (Å²) in [5.74, 6) is -0.0327. The molecule has 1 atom stereocenters. The van der Waals surface area contributed by atoms with E-state index in [1.54, 1.807) is 18.2 Å². The Morgan fingerprint density at radius 1 is 1.52 bits per heavy atom. The first-order valence-corrected chi connectivity index (χ1v) is 7.29. The Balaban J connectivity index is 0.00000220. The number of halogens is 1. The Hall–Kier alpha value is -1.63. The normalized spacial score (nSPS) is 11.5. The number of anilines is 1. The summed E-state index contributed by atoms with van der Waals surface area (Å²) >= 11 is 1.33. The molecule has 1 unspecified atom stereocenters. The van der Waals surface area contributed by atoms with Crippen molar-refractivity contribution >= 4 is 34.8 Å². The molecule has 5 nitrogen and oxygen atoms in total. The molecule has 1 aromatic carbocycles. The molecule has 0 aliphatic carbocycles. The van der Waals surface area contributed by atoms with Crippen molar-refractivity contribution in [3.05, 3.63) is 29.6 Å². The Kier molecular flexibility index (Phi) is 6.61. The lowest BCUT2D eigenvalue weighted by atomic mass is 10.2. The predicted molar refractivity (Wildman–Crippen MR) is 88.0 cm³/mol. The van der Waals surface area contributed by atoms with Crippen molar-refractivity contribution in [1.82, 2.24) is 4.98 Å². The van der Waals surface area contributed by atoms with E-state index in [0.717, 1.165) is 12.0 Å². The highest BCUT2D eigenvalue weighted by Crippen LogP contribution is 2.27. The van der Waals surface area contributed by atoms with E-state index in [9.17, 15) is 9.90 Å². The van der Waals surface area contributed by atoms with E-state index in [2.05, 4.69) is 10.3 Å². The second-order valence-corrected chi connectivity index (χ2v) is 5.33. The van der Waals surface area contributed by atoms with E-state index in [1.165, 1.54) is 11.3 Å². The quantitative estimate of drug-likeness (QED) is 0.787. The van der Waals surface area contributed by atoms with Crippen LogP contribution in [0.15, 0.2) is 29.6 Å². The average Bonchev–Trinajstić information content (AvgIpc) is 2.87. The molecule has 0 fully saturated rings. The third-order valence-electron chi connectivity index (χ3n) is 2.81. The first kappa shape index (κ1) is 17.4. The number of aromatic nitrogens is 1. The second-order valence-electron chi connectivity index (χ2n) is 4.47. The van der Waals surface area contributed by atoms with Crippen molar-refractivity contribution < 1.29 is 9.90 Å². The van der Waals surface area contributed by atoms with Gasteiger partial charge in [0.05, 0.1) is 11.7 Å². The van der Waals surface area contributed by atoms with Gasteiger partial charge in [0, 0.05) is 10.9 Å². The summed E-state index contributed by atoms with van der Waals surface area (Å²) in [5.41, 5.74) is 7.26. The van der Waals surface area contributed by atoms with E-state index in [1.807, 2.05) is 18.4 Å². The van der Waals surface area contributed by atoms with Crippen LogP contribution in [0, 0.1) is 0 Å². The number of rotatable bonds is 5. The monoisotopic (exact) mass is 327 g/mol. The number of thiazole rings is 1. The maximum atomic E-state index is 11.8. The van der Waals surface area contributed by atoms with Crippen molar-refractivity contribution in [1.29, 1.82) is 0 Å². The molecule has 2 aromatic rings. The summed E-state index contributed by atoms with van der Waals surface area (Å²) in [5, 5.41) is 14.5. The Labute approximate surface area is 133 Å². The van der Waals surface area contributed by atoms with E-state index >= 15 is 0 Å². The number of nitrogens with two attached hydrogens (primary N) is 1. The van der Waals surface area contributed by atoms with Crippen LogP contribution in [0.4, 0.5) is 5.13 Å². The highest BCUT2D eigenvalue weighted by atomic mass is 35.5. The molecule has 21 heavy (non-hydrogen) atoms. The molecule has 0 radical (unpaired) electrons. The molecule has 114 valence electrons. The standard InChI is InChI=1S/C14H17N3O2S.ClH/c1-2-4-11(15)13(19)17-14-16-12(8-20-14)9-5-3-6-10(18)7-9;/h3,5-8,11,18H,2,4,15H2,1H3,(H,16,17,19);1H. The van der Waals surface area contributed by atoms with E-state index < -0.39 is 6.04 Å². The number of hydrogen-bond donors (Lipinski definition) is 3. The maximum Gasteiger partial charge on any atom is 0.243 e. The lowest BCUT2D eigenvalue weighted by Gasteiger charge is -2.08. The zero-order valence-electron chi connectivity index (χ0n) is 11.6. The SMILES string of the molecule is CCCC(N)C(=O)Nc1nc(-c2cccc(O)c2)cs1.Cl. The molecular formula is C14H18ClN3O2S. The van der Waals surface area contributed by atoms with Gasteiger partial charge in [0.2, 0.25) is 5.91 Å². The number of carbonyl (C=O) groups excluding carboxylic acids is 1. The fourth-order valence-electron chi connectivity index (χ4n) is 1.77. The minimum Gasteiger partial charge on any atom is -0.508 e. The van der Waals surface area contributed by atoms with E-state index in [4.69, 9.17) is 5.73 Å². The fraction of sp³-hybridized carbons (Fsp3) is 0.286. The number of hydrogen-bond acceptors (Lipinski definition) is 5. The summed E-state index contributed by atoms with van der Waals surface area (Å²) in [6.45, 7) is 1.98. The van der Waals surface area contributed by atoms with E-state index in [0.29, 0.717) is 17.2 Å². The topological polar surface area (TPSA) is 88.2 Å². The summed E-state index contributed by atoms with van der Waals surface area (Å²) < 4.78 is 0. The largest absolute Gasteiger partial charge is 0.508 e.